The van der Waals surface area contributed by atoms with Gasteiger partial charge in [0.1, 0.15) is 0 Å². The van der Waals surface area contributed by atoms with Gasteiger partial charge in [0.25, 0.3) is 5.91 Å². The minimum Gasteiger partial charge on any atom is -0.378 e. The van der Waals surface area contributed by atoms with Gasteiger partial charge >= 0.3 is 0 Å². The molecule has 1 heterocycles. The molecule has 1 aliphatic rings. The number of amides is 1. The van der Waals surface area contributed by atoms with E-state index in [9.17, 15) is 9.90 Å². The summed E-state index contributed by atoms with van der Waals surface area (Å²) in [6, 6.07) is 9.09. The highest BCUT2D eigenvalue weighted by Crippen LogP contribution is 2.21. The zero-order valence-corrected chi connectivity index (χ0v) is 13.8. The monoisotopic (exact) mass is 304 g/mol. The maximum Gasteiger partial charge on any atom is 0.253 e. The molecule has 0 bridgehead atoms. The molecule has 1 saturated heterocycles. The molecule has 0 spiro atoms. The maximum absolute atomic E-state index is 12.1. The third-order valence-electron chi connectivity index (χ3n) is 4.23. The second kappa shape index (κ2) is 7.75. The van der Waals surface area contributed by atoms with Gasteiger partial charge in [0, 0.05) is 25.7 Å². The van der Waals surface area contributed by atoms with Crippen molar-refractivity contribution in [3.05, 3.63) is 35.9 Å². The van der Waals surface area contributed by atoms with Crippen molar-refractivity contribution in [2.75, 3.05) is 19.6 Å². The zero-order valence-electron chi connectivity index (χ0n) is 13.8. The summed E-state index contributed by atoms with van der Waals surface area (Å²) in [6.45, 7) is 9.58. The number of rotatable bonds is 5. The van der Waals surface area contributed by atoms with Gasteiger partial charge in [0.15, 0.2) is 6.10 Å². The molecule has 1 aromatic rings. The van der Waals surface area contributed by atoms with E-state index in [0.29, 0.717) is 17.4 Å². The molecule has 0 radical (unpaired) electrons. The zero-order chi connectivity index (χ0) is 16.1. The Hall–Kier alpha value is -1.39. The Morgan fingerprint density at radius 3 is 2.45 bits per heavy atom. The highest BCUT2D eigenvalue weighted by Gasteiger charge is 2.24. The lowest BCUT2D eigenvalue weighted by Gasteiger charge is -2.36. The van der Waals surface area contributed by atoms with Crippen LogP contribution in [0, 0.1) is 11.8 Å². The van der Waals surface area contributed by atoms with Gasteiger partial charge in [0.2, 0.25) is 0 Å². The summed E-state index contributed by atoms with van der Waals surface area (Å²) in [5, 5.41) is 13.0. The van der Waals surface area contributed by atoms with Gasteiger partial charge in [-0.3, -0.25) is 4.79 Å². The van der Waals surface area contributed by atoms with Crippen molar-refractivity contribution in [3.63, 3.8) is 0 Å². The molecule has 0 aliphatic carbocycles. The number of aliphatic hydroxyl groups excluding tert-OH is 1. The largest absolute Gasteiger partial charge is 0.378 e. The van der Waals surface area contributed by atoms with Gasteiger partial charge in [-0.05, 0) is 30.7 Å². The Labute approximate surface area is 133 Å². The Balaban J connectivity index is 1.83. The molecule has 1 aromatic carbocycles. The van der Waals surface area contributed by atoms with Crippen molar-refractivity contribution in [1.82, 2.24) is 10.2 Å². The lowest BCUT2D eigenvalue weighted by Crippen LogP contribution is -2.47. The van der Waals surface area contributed by atoms with Crippen molar-refractivity contribution >= 4 is 5.91 Å². The lowest BCUT2D eigenvalue weighted by atomic mass is 9.92. The van der Waals surface area contributed by atoms with E-state index in [-0.39, 0.29) is 11.9 Å². The molecule has 0 saturated carbocycles. The normalized spacial score (nSPS) is 25.5. The predicted octanol–water partition coefficient (Wildman–Crippen LogP) is 2.20. The average molecular weight is 304 g/mol. The van der Waals surface area contributed by atoms with Crippen LogP contribution in [0.4, 0.5) is 0 Å². The fraction of sp³-hybridized carbons (Fsp3) is 0.611. The molecule has 4 atom stereocenters. The quantitative estimate of drug-likeness (QED) is 0.877. The van der Waals surface area contributed by atoms with Crippen LogP contribution in [0.15, 0.2) is 30.3 Å². The van der Waals surface area contributed by atoms with Crippen LogP contribution in [-0.4, -0.2) is 41.6 Å². The van der Waals surface area contributed by atoms with Gasteiger partial charge in [-0.1, -0.05) is 44.2 Å². The van der Waals surface area contributed by atoms with Crippen LogP contribution in [-0.2, 0) is 4.79 Å². The molecule has 0 unspecified atom stereocenters. The number of nitrogens with zero attached hydrogens (tertiary/aromatic N) is 1. The number of carbonyl (C=O) groups excluding carboxylic acids is 1. The van der Waals surface area contributed by atoms with Crippen molar-refractivity contribution in [1.29, 1.82) is 0 Å². The SMILES string of the molecule is C[C@@H]1C[C@H](C)CN(C[C@H](C)NC(=O)[C@H](O)c2ccccc2)C1. The van der Waals surface area contributed by atoms with E-state index in [1.807, 2.05) is 25.1 Å². The van der Waals surface area contributed by atoms with E-state index in [2.05, 4.69) is 24.1 Å². The minimum atomic E-state index is -1.09. The van der Waals surface area contributed by atoms with Crippen LogP contribution in [0.25, 0.3) is 0 Å². The second-order valence-corrected chi connectivity index (χ2v) is 6.89. The van der Waals surface area contributed by atoms with E-state index in [4.69, 9.17) is 0 Å². The number of likely N-dealkylation sites (tertiary alicyclic amines) is 1. The molecular formula is C18H28N2O2. The number of piperidine rings is 1. The average Bonchev–Trinajstić information content (AvgIpc) is 2.46. The summed E-state index contributed by atoms with van der Waals surface area (Å²) in [6.07, 6.45) is 0.187. The summed E-state index contributed by atoms with van der Waals surface area (Å²) in [7, 11) is 0. The molecule has 122 valence electrons. The van der Waals surface area contributed by atoms with Crippen molar-refractivity contribution < 1.29 is 9.90 Å². The van der Waals surface area contributed by atoms with Crippen LogP contribution >= 0.6 is 0 Å². The molecule has 0 aromatic heterocycles. The van der Waals surface area contributed by atoms with Gasteiger partial charge in [-0.2, -0.15) is 0 Å². The van der Waals surface area contributed by atoms with Crippen molar-refractivity contribution in [2.45, 2.75) is 39.3 Å². The number of benzene rings is 1. The molecule has 1 aliphatic heterocycles. The second-order valence-electron chi connectivity index (χ2n) is 6.89. The molecule has 4 heteroatoms. The number of hydrogen-bond donors (Lipinski definition) is 2. The molecule has 22 heavy (non-hydrogen) atoms. The number of hydrogen-bond acceptors (Lipinski definition) is 3. The Bertz CT molecular complexity index is 467. The van der Waals surface area contributed by atoms with E-state index in [1.165, 1.54) is 6.42 Å². The first-order valence-electron chi connectivity index (χ1n) is 8.21. The summed E-state index contributed by atoms with van der Waals surface area (Å²) < 4.78 is 0. The topological polar surface area (TPSA) is 52.6 Å². The molecular weight excluding hydrogens is 276 g/mol. The van der Waals surface area contributed by atoms with Crippen LogP contribution in [0.1, 0.15) is 38.9 Å². The van der Waals surface area contributed by atoms with Gasteiger partial charge < -0.3 is 15.3 Å². The number of nitrogens with one attached hydrogen (secondary N) is 1. The van der Waals surface area contributed by atoms with Gasteiger partial charge in [0.05, 0.1) is 0 Å². The third-order valence-corrected chi connectivity index (χ3v) is 4.23. The Morgan fingerprint density at radius 1 is 1.27 bits per heavy atom. The maximum atomic E-state index is 12.1. The minimum absolute atomic E-state index is 0.0309. The van der Waals surface area contributed by atoms with Crippen molar-refractivity contribution in [3.8, 4) is 0 Å². The van der Waals surface area contributed by atoms with Gasteiger partial charge in [-0.15, -0.1) is 0 Å². The first-order valence-corrected chi connectivity index (χ1v) is 8.21. The Kier molecular flexibility index (Phi) is 5.98. The summed E-state index contributed by atoms with van der Waals surface area (Å²) in [5.74, 6) is 1.10. The number of carbonyl (C=O) groups is 1. The van der Waals surface area contributed by atoms with Crippen molar-refractivity contribution in [2.24, 2.45) is 11.8 Å². The lowest BCUT2D eigenvalue weighted by molar-refractivity contribution is -0.130. The summed E-state index contributed by atoms with van der Waals surface area (Å²) in [4.78, 5) is 14.6. The third kappa shape index (κ3) is 4.82. The molecule has 2 N–H and O–H groups in total. The smallest absolute Gasteiger partial charge is 0.253 e. The molecule has 1 fully saturated rings. The fourth-order valence-electron chi connectivity index (χ4n) is 3.48. The number of aliphatic hydroxyl groups is 1. The Morgan fingerprint density at radius 2 is 1.86 bits per heavy atom. The summed E-state index contributed by atoms with van der Waals surface area (Å²) in [5.41, 5.74) is 0.632. The predicted molar refractivity (Wildman–Crippen MR) is 88.4 cm³/mol. The fourth-order valence-corrected chi connectivity index (χ4v) is 3.48. The highest BCUT2D eigenvalue weighted by atomic mass is 16.3. The molecule has 1 amide bonds. The van der Waals surface area contributed by atoms with Crippen LogP contribution in [0.3, 0.4) is 0 Å². The standard InChI is InChI=1S/C18H28N2O2/c1-13-9-14(2)11-20(10-13)12-15(3)19-18(22)17(21)16-7-5-4-6-8-16/h4-8,13-15,17,21H,9-12H2,1-3H3,(H,19,22)/t13-,14+,15-,17+/m0/s1. The first-order chi connectivity index (χ1) is 10.5. The first kappa shape index (κ1) is 17.0. The molecule has 4 nitrogen and oxygen atoms in total. The van der Waals surface area contributed by atoms with Crippen LogP contribution in [0.5, 0.6) is 0 Å². The summed E-state index contributed by atoms with van der Waals surface area (Å²) >= 11 is 0. The van der Waals surface area contributed by atoms with E-state index in [1.54, 1.807) is 12.1 Å². The highest BCUT2D eigenvalue weighted by molar-refractivity contribution is 5.82. The van der Waals surface area contributed by atoms with E-state index < -0.39 is 6.10 Å². The van der Waals surface area contributed by atoms with Crippen LogP contribution in [0.2, 0.25) is 0 Å². The molecule has 2 rings (SSSR count). The van der Waals surface area contributed by atoms with Crippen LogP contribution < -0.4 is 5.32 Å². The van der Waals surface area contributed by atoms with E-state index >= 15 is 0 Å². The van der Waals surface area contributed by atoms with Gasteiger partial charge in [-0.25, -0.2) is 0 Å². The van der Waals surface area contributed by atoms with E-state index in [0.717, 1.165) is 19.6 Å².